The number of rotatable bonds is 3. The van der Waals surface area contributed by atoms with Gasteiger partial charge in [0.25, 0.3) is 0 Å². The molecule has 0 aliphatic heterocycles. The summed E-state index contributed by atoms with van der Waals surface area (Å²) in [5.74, 6) is -0.329. The Morgan fingerprint density at radius 1 is 1.70 bits per heavy atom. The number of ether oxygens (including phenoxy) is 1. The third kappa shape index (κ3) is 2.19. The topological polar surface area (TPSA) is 38.3 Å². The Morgan fingerprint density at radius 3 is 2.50 bits per heavy atom. The van der Waals surface area contributed by atoms with Gasteiger partial charge in [0, 0.05) is 0 Å². The molecule has 0 atom stereocenters. The minimum atomic E-state index is -0.631. The minimum Gasteiger partial charge on any atom is -0.434 e. The average Bonchev–Trinajstić information content (AvgIpc) is 1.89. The molecule has 0 bridgehead atoms. The zero-order chi connectivity index (χ0) is 8.20. The van der Waals surface area contributed by atoms with Gasteiger partial charge in [0.2, 0.25) is 0 Å². The normalized spacial score (nSPS) is 10.7. The van der Waals surface area contributed by atoms with Crippen molar-refractivity contribution in [2.24, 2.45) is 0 Å². The molecule has 0 amide bonds. The van der Waals surface area contributed by atoms with Crippen LogP contribution in [0.5, 0.6) is 0 Å². The molecule has 0 saturated carbocycles. The highest BCUT2D eigenvalue weighted by molar-refractivity contribution is 5.80. The maximum Gasteiger partial charge on any atom is 0.330 e. The van der Waals surface area contributed by atoms with Gasteiger partial charge in [0.15, 0.2) is 0 Å². The molecule has 0 unspecified atom stereocenters. The van der Waals surface area contributed by atoms with Crippen molar-refractivity contribution in [1.82, 2.24) is 5.32 Å². The standard InChI is InChI=1S/C7H13NO2/c1-5-10-6(9)7(2,3)8-4/h5,8H,1H2,2-4H3. The van der Waals surface area contributed by atoms with Crippen LogP contribution in [0.4, 0.5) is 0 Å². The highest BCUT2D eigenvalue weighted by Crippen LogP contribution is 2.03. The van der Waals surface area contributed by atoms with Crippen LogP contribution in [0.3, 0.4) is 0 Å². The van der Waals surface area contributed by atoms with Crippen LogP contribution in [0.1, 0.15) is 13.8 Å². The molecule has 0 spiro atoms. The molecule has 0 aromatic carbocycles. The molecular formula is C7H13NO2. The predicted molar refractivity (Wildman–Crippen MR) is 39.4 cm³/mol. The Kier molecular flexibility index (Phi) is 3.09. The number of likely N-dealkylation sites (N-methyl/N-ethyl adjacent to an activating group) is 1. The molecule has 0 aliphatic rings. The first-order chi connectivity index (χ1) is 4.54. The summed E-state index contributed by atoms with van der Waals surface area (Å²) in [4.78, 5) is 10.9. The van der Waals surface area contributed by atoms with Crippen LogP contribution >= 0.6 is 0 Å². The van der Waals surface area contributed by atoms with Gasteiger partial charge in [0.1, 0.15) is 5.54 Å². The first-order valence-corrected chi connectivity index (χ1v) is 3.05. The Morgan fingerprint density at radius 2 is 2.20 bits per heavy atom. The molecule has 0 aromatic heterocycles. The lowest BCUT2D eigenvalue weighted by Gasteiger charge is -2.19. The summed E-state index contributed by atoms with van der Waals surface area (Å²) < 4.78 is 4.56. The van der Waals surface area contributed by atoms with Crippen LogP contribution in [0.25, 0.3) is 0 Å². The molecule has 0 aliphatic carbocycles. The van der Waals surface area contributed by atoms with Crippen molar-refractivity contribution in [2.45, 2.75) is 19.4 Å². The molecule has 0 rings (SSSR count). The largest absolute Gasteiger partial charge is 0.434 e. The fourth-order valence-corrected chi connectivity index (χ4v) is 0.325. The fraction of sp³-hybridized carbons (Fsp3) is 0.571. The first kappa shape index (κ1) is 9.17. The molecule has 3 nitrogen and oxygen atoms in total. The summed E-state index contributed by atoms with van der Waals surface area (Å²) in [5.41, 5.74) is -0.631. The molecule has 0 aromatic rings. The van der Waals surface area contributed by atoms with Crippen LogP contribution in [-0.4, -0.2) is 18.6 Å². The van der Waals surface area contributed by atoms with E-state index < -0.39 is 5.54 Å². The molecule has 0 heterocycles. The molecule has 58 valence electrons. The molecule has 0 fully saturated rings. The Labute approximate surface area is 61.1 Å². The van der Waals surface area contributed by atoms with Gasteiger partial charge in [-0.1, -0.05) is 6.58 Å². The smallest absolute Gasteiger partial charge is 0.330 e. The second-order valence-electron chi connectivity index (χ2n) is 2.45. The van der Waals surface area contributed by atoms with E-state index in [0.717, 1.165) is 6.26 Å². The quantitative estimate of drug-likeness (QED) is 0.466. The second kappa shape index (κ2) is 3.37. The molecule has 0 saturated heterocycles. The van der Waals surface area contributed by atoms with Gasteiger partial charge in [0.05, 0.1) is 6.26 Å². The van der Waals surface area contributed by atoms with Crippen molar-refractivity contribution in [2.75, 3.05) is 7.05 Å². The molecule has 1 N–H and O–H groups in total. The number of nitrogens with one attached hydrogen (secondary N) is 1. The Bertz CT molecular complexity index is 141. The highest BCUT2D eigenvalue weighted by atomic mass is 16.5. The monoisotopic (exact) mass is 143 g/mol. The zero-order valence-electron chi connectivity index (χ0n) is 6.60. The lowest BCUT2D eigenvalue weighted by Crippen LogP contribution is -2.44. The second-order valence-corrected chi connectivity index (χ2v) is 2.45. The van der Waals surface area contributed by atoms with Gasteiger partial charge in [-0.05, 0) is 20.9 Å². The minimum absolute atomic E-state index is 0.329. The maximum absolute atomic E-state index is 10.9. The summed E-state index contributed by atoms with van der Waals surface area (Å²) in [5, 5.41) is 2.80. The molecular weight excluding hydrogens is 130 g/mol. The maximum atomic E-state index is 10.9. The number of carbonyl (C=O) groups is 1. The summed E-state index contributed by atoms with van der Waals surface area (Å²) in [6.07, 6.45) is 1.13. The Balaban J connectivity index is 4.03. The Hall–Kier alpha value is -0.830. The van der Waals surface area contributed by atoms with E-state index in [1.807, 2.05) is 0 Å². The van der Waals surface area contributed by atoms with Crippen LogP contribution < -0.4 is 5.32 Å². The third-order valence-corrected chi connectivity index (χ3v) is 1.33. The number of hydrogen-bond donors (Lipinski definition) is 1. The van der Waals surface area contributed by atoms with E-state index in [-0.39, 0.29) is 5.97 Å². The summed E-state index contributed by atoms with van der Waals surface area (Å²) in [6, 6.07) is 0. The lowest BCUT2D eigenvalue weighted by atomic mass is 10.1. The van der Waals surface area contributed by atoms with Gasteiger partial charge in [-0.2, -0.15) is 0 Å². The van der Waals surface area contributed by atoms with E-state index in [1.165, 1.54) is 0 Å². The van der Waals surface area contributed by atoms with Crippen LogP contribution in [0, 0.1) is 0 Å². The van der Waals surface area contributed by atoms with E-state index in [9.17, 15) is 4.79 Å². The number of carbonyl (C=O) groups excluding carboxylic acids is 1. The van der Waals surface area contributed by atoms with Gasteiger partial charge in [-0.3, -0.25) is 0 Å². The van der Waals surface area contributed by atoms with Crippen molar-refractivity contribution in [3.8, 4) is 0 Å². The third-order valence-electron chi connectivity index (χ3n) is 1.33. The van der Waals surface area contributed by atoms with Crippen molar-refractivity contribution in [3.63, 3.8) is 0 Å². The molecule has 3 heteroatoms. The summed E-state index contributed by atoms with van der Waals surface area (Å²) in [7, 11) is 1.70. The SMILES string of the molecule is C=COC(=O)C(C)(C)NC. The predicted octanol–water partition coefficient (Wildman–Crippen LogP) is 0.671. The number of hydrogen-bond acceptors (Lipinski definition) is 3. The van der Waals surface area contributed by atoms with Crippen molar-refractivity contribution in [3.05, 3.63) is 12.8 Å². The fourth-order valence-electron chi connectivity index (χ4n) is 0.325. The van der Waals surface area contributed by atoms with Crippen LogP contribution in [0.15, 0.2) is 12.8 Å². The number of esters is 1. The first-order valence-electron chi connectivity index (χ1n) is 3.05. The zero-order valence-corrected chi connectivity index (χ0v) is 6.60. The van der Waals surface area contributed by atoms with Crippen molar-refractivity contribution >= 4 is 5.97 Å². The molecule has 0 radical (unpaired) electrons. The molecule has 10 heavy (non-hydrogen) atoms. The van der Waals surface area contributed by atoms with Crippen LogP contribution in [0.2, 0.25) is 0 Å². The van der Waals surface area contributed by atoms with Crippen molar-refractivity contribution in [1.29, 1.82) is 0 Å². The van der Waals surface area contributed by atoms with E-state index in [4.69, 9.17) is 0 Å². The van der Waals surface area contributed by atoms with E-state index in [1.54, 1.807) is 20.9 Å². The summed E-state index contributed by atoms with van der Waals surface area (Å²) >= 11 is 0. The van der Waals surface area contributed by atoms with Crippen molar-refractivity contribution < 1.29 is 9.53 Å². The highest BCUT2D eigenvalue weighted by Gasteiger charge is 2.26. The van der Waals surface area contributed by atoms with Crippen LogP contribution in [-0.2, 0) is 9.53 Å². The lowest BCUT2D eigenvalue weighted by molar-refractivity contribution is -0.144. The van der Waals surface area contributed by atoms with E-state index in [2.05, 4.69) is 16.6 Å². The van der Waals surface area contributed by atoms with Gasteiger partial charge < -0.3 is 10.1 Å². The van der Waals surface area contributed by atoms with Gasteiger partial charge in [-0.15, -0.1) is 0 Å². The van der Waals surface area contributed by atoms with E-state index in [0.29, 0.717) is 0 Å². The van der Waals surface area contributed by atoms with E-state index >= 15 is 0 Å². The van der Waals surface area contributed by atoms with Gasteiger partial charge >= 0.3 is 5.97 Å². The summed E-state index contributed by atoms with van der Waals surface area (Å²) in [6.45, 7) is 6.75. The van der Waals surface area contributed by atoms with Gasteiger partial charge in [-0.25, -0.2) is 4.79 Å². The average molecular weight is 143 g/mol.